The van der Waals surface area contributed by atoms with E-state index in [0.717, 1.165) is 154 Å². The van der Waals surface area contributed by atoms with Gasteiger partial charge in [-0.1, -0.05) is 170 Å². The fourth-order valence-corrected chi connectivity index (χ4v) is 12.4. The summed E-state index contributed by atoms with van der Waals surface area (Å²) in [7, 11) is 0. The van der Waals surface area contributed by atoms with Crippen molar-refractivity contribution in [3.63, 3.8) is 0 Å². The van der Waals surface area contributed by atoms with Crippen LogP contribution in [0.1, 0.15) is 0 Å². The van der Waals surface area contributed by atoms with Gasteiger partial charge in [-0.15, -0.1) is 0 Å². The molecule has 0 radical (unpaired) electrons. The zero-order valence-electron chi connectivity index (χ0n) is 41.7. The van der Waals surface area contributed by atoms with Crippen molar-refractivity contribution < 1.29 is 17.6 Å². The molecule has 6 heteroatoms. The van der Waals surface area contributed by atoms with Crippen LogP contribution >= 0.6 is 0 Å². The normalized spacial score (nSPS) is 12.0. The number of benzene rings is 14. The number of para-hydroxylation sites is 2. The maximum absolute atomic E-state index is 15.0. The number of hydrogen-bond acceptors (Lipinski definition) is 4. The molecule has 0 saturated heterocycles. The third-order valence-corrected chi connectivity index (χ3v) is 15.9. The van der Waals surface area contributed by atoms with Gasteiger partial charge >= 0.3 is 0 Å². The van der Waals surface area contributed by atoms with E-state index in [1.165, 1.54) is 24.3 Å². The summed E-state index contributed by atoms with van der Waals surface area (Å²) in [5.41, 5.74) is 12.2. The van der Waals surface area contributed by atoms with E-state index < -0.39 is 0 Å². The number of fused-ring (bicyclic) bond motifs is 10. The first kappa shape index (κ1) is 44.0. The molecule has 0 fully saturated rings. The third-order valence-electron chi connectivity index (χ3n) is 15.9. The minimum absolute atomic E-state index is 0.323. The van der Waals surface area contributed by atoms with Crippen molar-refractivity contribution in [1.29, 1.82) is 0 Å². The standard InChI is InChI=1S/C72H42F2N2O2/c73-49-29-33-51(34-30-49)75(63-23-11-21-57-67-53-19-9-7-17-47(53)41-59(71(67)77-69(57)63)43-13-3-1-4-14-43)61-39-27-45-26-38-56-62(40-28-46-25-37-55(61)65(45)66(46)56)76(52-35-31-50(74)32-36-52)64-24-12-22-58-68-54-20-10-8-18-48(54)42-60(72(68)78-70(58)64)44-15-5-2-6-16-44/h1-42H. The third kappa shape index (κ3) is 6.63. The Labute approximate surface area is 445 Å². The van der Waals surface area contributed by atoms with Crippen LogP contribution < -0.4 is 9.80 Å². The summed E-state index contributed by atoms with van der Waals surface area (Å²) in [6.07, 6.45) is 0. The minimum atomic E-state index is -0.323. The van der Waals surface area contributed by atoms with E-state index in [1.807, 2.05) is 36.4 Å². The quantitative estimate of drug-likeness (QED) is 0.142. The van der Waals surface area contributed by atoms with Gasteiger partial charge in [-0.3, -0.25) is 0 Å². The Bertz CT molecular complexity index is 4730. The van der Waals surface area contributed by atoms with Crippen LogP contribution in [0.25, 0.3) is 120 Å². The van der Waals surface area contributed by atoms with Crippen LogP contribution in [0.5, 0.6) is 0 Å². The second kappa shape index (κ2) is 17.1. The van der Waals surface area contributed by atoms with Gasteiger partial charge in [0.2, 0.25) is 0 Å². The molecule has 0 aliphatic carbocycles. The molecule has 0 aliphatic rings. The van der Waals surface area contributed by atoms with E-state index in [4.69, 9.17) is 8.83 Å². The van der Waals surface area contributed by atoms with Crippen molar-refractivity contribution >= 4 is 132 Å². The lowest BCUT2D eigenvalue weighted by molar-refractivity contribution is 0.627. The number of anilines is 6. The summed E-state index contributed by atoms with van der Waals surface area (Å²) >= 11 is 0. The number of furan rings is 2. The largest absolute Gasteiger partial charge is 0.453 e. The van der Waals surface area contributed by atoms with Gasteiger partial charge in [0.05, 0.1) is 22.7 Å². The van der Waals surface area contributed by atoms with Gasteiger partial charge in [-0.2, -0.15) is 0 Å². The zero-order valence-corrected chi connectivity index (χ0v) is 41.7. The van der Waals surface area contributed by atoms with Crippen molar-refractivity contribution in [1.82, 2.24) is 0 Å². The molecule has 0 spiro atoms. The molecule has 0 saturated carbocycles. The van der Waals surface area contributed by atoms with Gasteiger partial charge in [-0.05, 0) is 139 Å². The summed E-state index contributed by atoms with van der Waals surface area (Å²) in [5, 5.41) is 14.8. The van der Waals surface area contributed by atoms with Crippen LogP contribution in [-0.2, 0) is 0 Å². The zero-order chi connectivity index (χ0) is 51.6. The average Bonchev–Trinajstić information content (AvgIpc) is 4.23. The molecule has 0 unspecified atom stereocenters. The molecule has 16 aromatic rings. The smallest absolute Gasteiger partial charge is 0.159 e. The molecule has 0 N–H and O–H groups in total. The molecule has 2 heterocycles. The Hall–Kier alpha value is -10.3. The van der Waals surface area contributed by atoms with Crippen molar-refractivity contribution in [2.75, 3.05) is 9.80 Å². The van der Waals surface area contributed by atoms with Crippen LogP contribution in [0.3, 0.4) is 0 Å². The molecule has 4 nitrogen and oxygen atoms in total. The van der Waals surface area contributed by atoms with E-state index >= 15 is 8.78 Å². The molecule has 14 aromatic carbocycles. The summed E-state index contributed by atoms with van der Waals surface area (Å²) in [4.78, 5) is 4.42. The van der Waals surface area contributed by atoms with Gasteiger partial charge in [0.1, 0.15) is 22.8 Å². The Morgan fingerprint density at radius 3 is 1.08 bits per heavy atom. The summed E-state index contributed by atoms with van der Waals surface area (Å²) in [5.74, 6) is -0.645. The Morgan fingerprint density at radius 2 is 0.641 bits per heavy atom. The molecule has 2 aromatic heterocycles. The Balaban J connectivity index is 0.945. The maximum Gasteiger partial charge on any atom is 0.159 e. The Kier molecular flexibility index (Phi) is 9.66. The van der Waals surface area contributed by atoms with E-state index in [0.29, 0.717) is 0 Å². The number of rotatable bonds is 8. The van der Waals surface area contributed by atoms with Crippen molar-refractivity contribution in [2.45, 2.75) is 0 Å². The Morgan fingerprint density at radius 1 is 0.256 bits per heavy atom. The van der Waals surface area contributed by atoms with Crippen molar-refractivity contribution in [3.05, 3.63) is 266 Å². The second-order valence-electron chi connectivity index (χ2n) is 20.2. The van der Waals surface area contributed by atoms with E-state index in [-0.39, 0.29) is 11.6 Å². The van der Waals surface area contributed by atoms with Gasteiger partial charge < -0.3 is 18.6 Å². The highest BCUT2D eigenvalue weighted by Crippen LogP contribution is 2.52. The molecule has 0 amide bonds. The molecular weight excluding hydrogens is 963 g/mol. The average molecular weight is 1010 g/mol. The first-order valence-electron chi connectivity index (χ1n) is 26.2. The van der Waals surface area contributed by atoms with Crippen LogP contribution in [0.15, 0.2) is 264 Å². The summed E-state index contributed by atoms with van der Waals surface area (Å²) < 4.78 is 44.5. The predicted octanol–water partition coefficient (Wildman–Crippen LogP) is 21.2. The lowest BCUT2D eigenvalue weighted by Gasteiger charge is -2.29. The molecule has 0 bridgehead atoms. The molecule has 0 aliphatic heterocycles. The van der Waals surface area contributed by atoms with E-state index in [2.05, 4.69) is 204 Å². The molecule has 16 rings (SSSR count). The van der Waals surface area contributed by atoms with Crippen LogP contribution in [-0.4, -0.2) is 0 Å². The van der Waals surface area contributed by atoms with Crippen LogP contribution in [0.4, 0.5) is 42.9 Å². The van der Waals surface area contributed by atoms with Crippen LogP contribution in [0, 0.1) is 11.6 Å². The number of hydrogen-bond donors (Lipinski definition) is 0. The molecule has 78 heavy (non-hydrogen) atoms. The number of halogens is 2. The molecule has 366 valence electrons. The van der Waals surface area contributed by atoms with Gasteiger partial charge in [0, 0.05) is 54.8 Å². The summed E-state index contributed by atoms with van der Waals surface area (Å²) in [6, 6.07) is 85.8. The maximum atomic E-state index is 15.0. The molecule has 0 atom stereocenters. The van der Waals surface area contributed by atoms with E-state index in [1.54, 1.807) is 0 Å². The highest BCUT2D eigenvalue weighted by atomic mass is 19.1. The van der Waals surface area contributed by atoms with Gasteiger partial charge in [0.15, 0.2) is 11.2 Å². The van der Waals surface area contributed by atoms with Crippen molar-refractivity contribution in [2.24, 2.45) is 0 Å². The van der Waals surface area contributed by atoms with Crippen molar-refractivity contribution in [3.8, 4) is 22.3 Å². The predicted molar refractivity (Wildman–Crippen MR) is 320 cm³/mol. The van der Waals surface area contributed by atoms with Crippen LogP contribution in [0.2, 0.25) is 0 Å². The monoisotopic (exact) mass is 1000 g/mol. The minimum Gasteiger partial charge on any atom is -0.453 e. The lowest BCUT2D eigenvalue weighted by atomic mass is 9.91. The first-order valence-corrected chi connectivity index (χ1v) is 26.2. The summed E-state index contributed by atoms with van der Waals surface area (Å²) in [6.45, 7) is 0. The fraction of sp³-hybridized carbons (Fsp3) is 0. The van der Waals surface area contributed by atoms with E-state index in [9.17, 15) is 0 Å². The highest BCUT2D eigenvalue weighted by Gasteiger charge is 2.28. The highest BCUT2D eigenvalue weighted by molar-refractivity contribution is 6.30. The van der Waals surface area contributed by atoms with Gasteiger partial charge in [0.25, 0.3) is 0 Å². The fourth-order valence-electron chi connectivity index (χ4n) is 12.4. The topological polar surface area (TPSA) is 32.8 Å². The number of nitrogens with zero attached hydrogens (tertiary/aromatic N) is 2. The second-order valence-corrected chi connectivity index (χ2v) is 20.2. The molecular formula is C72H42F2N2O2. The SMILES string of the molecule is Fc1ccc(N(c2ccc3ccc4c(N(c5ccc(F)cc5)c5cccc6c5oc5c(-c7ccccc7)cc7ccccc7c56)ccc5ccc2c3c54)c2cccc3c2oc2c(-c4ccccc4)cc4ccccc4c23)cc1. The first-order chi connectivity index (χ1) is 38.5. The van der Waals surface area contributed by atoms with Gasteiger partial charge in [-0.25, -0.2) is 8.78 Å². The lowest BCUT2D eigenvalue weighted by Crippen LogP contribution is -2.12.